The second-order valence-electron chi connectivity index (χ2n) is 3.70. The van der Waals surface area contributed by atoms with Crippen molar-refractivity contribution in [2.24, 2.45) is 0 Å². The van der Waals surface area contributed by atoms with Crippen molar-refractivity contribution in [3.63, 3.8) is 0 Å². The first-order valence-corrected chi connectivity index (χ1v) is 5.31. The summed E-state index contributed by atoms with van der Waals surface area (Å²) < 4.78 is 0. The first kappa shape index (κ1) is 12.5. The molecular formula is C13H17NO2. The van der Waals surface area contributed by atoms with E-state index in [1.807, 2.05) is 31.3 Å². The van der Waals surface area contributed by atoms with Crippen LogP contribution >= 0.6 is 0 Å². The highest BCUT2D eigenvalue weighted by molar-refractivity contribution is 5.85. The summed E-state index contributed by atoms with van der Waals surface area (Å²) >= 11 is 0. The van der Waals surface area contributed by atoms with Crippen LogP contribution in [0.2, 0.25) is 0 Å². The number of hydrogen-bond acceptors (Lipinski definition) is 2. The molecule has 0 aliphatic rings. The van der Waals surface area contributed by atoms with Gasteiger partial charge in [0.05, 0.1) is 0 Å². The summed E-state index contributed by atoms with van der Waals surface area (Å²) in [6.07, 6.45) is 2.81. The molecule has 0 aliphatic carbocycles. The van der Waals surface area contributed by atoms with Gasteiger partial charge in [-0.25, -0.2) is 4.79 Å². The van der Waals surface area contributed by atoms with Gasteiger partial charge in [0.25, 0.3) is 0 Å². The Labute approximate surface area is 96.0 Å². The molecule has 0 atom stereocenters. The molecule has 0 amide bonds. The molecule has 0 bridgehead atoms. The van der Waals surface area contributed by atoms with Crippen molar-refractivity contribution in [1.29, 1.82) is 0 Å². The normalized spacial score (nSPS) is 11.2. The summed E-state index contributed by atoms with van der Waals surface area (Å²) in [5, 5.41) is 8.60. The Balaban J connectivity index is 2.87. The summed E-state index contributed by atoms with van der Waals surface area (Å²) in [4.78, 5) is 12.6. The zero-order valence-corrected chi connectivity index (χ0v) is 9.68. The molecule has 0 unspecified atom stereocenters. The van der Waals surface area contributed by atoms with Crippen molar-refractivity contribution < 1.29 is 9.90 Å². The minimum absolute atomic E-state index is 0.830. The highest BCUT2D eigenvalue weighted by Crippen LogP contribution is 2.12. The quantitative estimate of drug-likeness (QED) is 0.772. The third-order valence-electron chi connectivity index (χ3n) is 2.44. The van der Waals surface area contributed by atoms with Crippen LogP contribution in [0.1, 0.15) is 18.1 Å². The number of nitrogens with zero attached hydrogens (tertiary/aromatic N) is 1. The summed E-state index contributed by atoms with van der Waals surface area (Å²) in [5.41, 5.74) is 2.11. The minimum atomic E-state index is -0.918. The molecule has 1 aromatic carbocycles. The third-order valence-corrected chi connectivity index (χ3v) is 2.44. The highest BCUT2D eigenvalue weighted by Gasteiger charge is 2.01. The van der Waals surface area contributed by atoms with Gasteiger partial charge < -0.3 is 10.0 Å². The Kier molecular flexibility index (Phi) is 4.73. The van der Waals surface area contributed by atoms with E-state index in [2.05, 4.69) is 11.8 Å². The van der Waals surface area contributed by atoms with Gasteiger partial charge in [-0.15, -0.1) is 0 Å². The van der Waals surface area contributed by atoms with Crippen LogP contribution in [0.15, 0.2) is 30.3 Å². The predicted octanol–water partition coefficient (Wildman–Crippen LogP) is 2.24. The number of carbonyl (C=O) groups is 1. The number of benzene rings is 1. The van der Waals surface area contributed by atoms with Crippen molar-refractivity contribution in [3.8, 4) is 0 Å². The summed E-state index contributed by atoms with van der Waals surface area (Å²) in [7, 11) is 2.04. The van der Waals surface area contributed by atoms with E-state index in [4.69, 9.17) is 5.11 Å². The van der Waals surface area contributed by atoms with Crippen molar-refractivity contribution in [1.82, 2.24) is 4.90 Å². The fourth-order valence-electron chi connectivity index (χ4n) is 1.40. The van der Waals surface area contributed by atoms with Crippen molar-refractivity contribution in [2.75, 3.05) is 13.6 Å². The van der Waals surface area contributed by atoms with Crippen molar-refractivity contribution >= 4 is 12.0 Å². The lowest BCUT2D eigenvalue weighted by Gasteiger charge is -2.15. The van der Waals surface area contributed by atoms with E-state index >= 15 is 0 Å². The maximum atomic E-state index is 10.5. The van der Waals surface area contributed by atoms with Crippen LogP contribution in [-0.2, 0) is 11.3 Å². The highest BCUT2D eigenvalue weighted by atomic mass is 16.4. The predicted molar refractivity (Wildman–Crippen MR) is 65.1 cm³/mol. The first-order chi connectivity index (χ1) is 7.63. The number of aliphatic carboxylic acids is 1. The largest absolute Gasteiger partial charge is 0.478 e. The number of carboxylic acid groups (broad SMARTS) is 1. The van der Waals surface area contributed by atoms with Crippen molar-refractivity contribution in [2.45, 2.75) is 13.5 Å². The Morgan fingerprint density at radius 1 is 1.44 bits per heavy atom. The van der Waals surface area contributed by atoms with E-state index in [0.29, 0.717) is 0 Å². The van der Waals surface area contributed by atoms with Gasteiger partial charge in [0, 0.05) is 12.6 Å². The molecule has 1 rings (SSSR count). The molecule has 0 heterocycles. The SMILES string of the molecule is CCN(C)Cc1ccccc1/C=C/C(=O)O. The van der Waals surface area contributed by atoms with Gasteiger partial charge in [0.15, 0.2) is 0 Å². The standard InChI is InChI=1S/C13H17NO2/c1-3-14(2)10-12-7-5-4-6-11(12)8-9-13(15)16/h4-9H,3,10H2,1-2H3,(H,15,16)/b9-8+. The molecule has 3 heteroatoms. The number of carboxylic acids is 1. The van der Waals surface area contributed by atoms with Crippen LogP contribution in [0.25, 0.3) is 6.08 Å². The van der Waals surface area contributed by atoms with Crippen LogP contribution in [0, 0.1) is 0 Å². The lowest BCUT2D eigenvalue weighted by atomic mass is 10.1. The molecule has 0 aliphatic heterocycles. The van der Waals surface area contributed by atoms with E-state index in [1.165, 1.54) is 6.08 Å². The molecule has 0 saturated carbocycles. The second kappa shape index (κ2) is 6.08. The lowest BCUT2D eigenvalue weighted by molar-refractivity contribution is -0.131. The van der Waals surface area contributed by atoms with Crippen LogP contribution in [-0.4, -0.2) is 29.6 Å². The molecule has 0 aromatic heterocycles. The maximum absolute atomic E-state index is 10.5. The van der Waals surface area contributed by atoms with E-state index in [-0.39, 0.29) is 0 Å². The van der Waals surface area contributed by atoms with Gasteiger partial charge in [-0.3, -0.25) is 0 Å². The van der Waals surface area contributed by atoms with Crippen LogP contribution in [0.4, 0.5) is 0 Å². The fraction of sp³-hybridized carbons (Fsp3) is 0.308. The van der Waals surface area contributed by atoms with Crippen LogP contribution < -0.4 is 0 Å². The van der Waals surface area contributed by atoms with E-state index in [0.717, 1.165) is 24.2 Å². The van der Waals surface area contributed by atoms with E-state index in [9.17, 15) is 4.79 Å². The van der Waals surface area contributed by atoms with Crippen molar-refractivity contribution in [3.05, 3.63) is 41.5 Å². The summed E-state index contributed by atoms with van der Waals surface area (Å²) in [5.74, 6) is -0.918. The molecule has 3 nitrogen and oxygen atoms in total. The second-order valence-corrected chi connectivity index (χ2v) is 3.70. The van der Waals surface area contributed by atoms with Gasteiger partial charge in [-0.2, -0.15) is 0 Å². The van der Waals surface area contributed by atoms with Gasteiger partial charge >= 0.3 is 5.97 Å². The smallest absolute Gasteiger partial charge is 0.328 e. The van der Waals surface area contributed by atoms with Crippen LogP contribution in [0.5, 0.6) is 0 Å². The summed E-state index contributed by atoms with van der Waals surface area (Å²) in [6.45, 7) is 3.89. The molecule has 16 heavy (non-hydrogen) atoms. The molecule has 86 valence electrons. The molecule has 0 fully saturated rings. The monoisotopic (exact) mass is 219 g/mol. The first-order valence-electron chi connectivity index (χ1n) is 5.31. The van der Waals surface area contributed by atoms with Gasteiger partial charge in [0.2, 0.25) is 0 Å². The molecule has 0 spiro atoms. The van der Waals surface area contributed by atoms with Gasteiger partial charge in [0.1, 0.15) is 0 Å². The average Bonchev–Trinajstić information content (AvgIpc) is 2.27. The van der Waals surface area contributed by atoms with Gasteiger partial charge in [-0.1, -0.05) is 31.2 Å². The van der Waals surface area contributed by atoms with Gasteiger partial charge in [-0.05, 0) is 30.8 Å². The van der Waals surface area contributed by atoms with E-state index < -0.39 is 5.97 Å². The zero-order chi connectivity index (χ0) is 12.0. The number of rotatable bonds is 5. The average molecular weight is 219 g/mol. The Morgan fingerprint density at radius 3 is 2.75 bits per heavy atom. The molecule has 1 aromatic rings. The third kappa shape index (κ3) is 3.87. The topological polar surface area (TPSA) is 40.5 Å². The lowest BCUT2D eigenvalue weighted by Crippen LogP contribution is -2.17. The minimum Gasteiger partial charge on any atom is -0.478 e. The molecule has 1 N–H and O–H groups in total. The Morgan fingerprint density at radius 2 is 2.12 bits per heavy atom. The Bertz CT molecular complexity index is 385. The number of hydrogen-bond donors (Lipinski definition) is 1. The zero-order valence-electron chi connectivity index (χ0n) is 9.68. The molecule has 0 saturated heterocycles. The van der Waals surface area contributed by atoms with E-state index in [1.54, 1.807) is 6.08 Å². The molecule has 0 radical (unpaired) electrons. The summed E-state index contributed by atoms with van der Waals surface area (Å²) in [6, 6.07) is 7.83. The van der Waals surface area contributed by atoms with Crippen LogP contribution in [0.3, 0.4) is 0 Å². The molecular weight excluding hydrogens is 202 g/mol. The fourth-order valence-corrected chi connectivity index (χ4v) is 1.40. The Hall–Kier alpha value is -1.61. The maximum Gasteiger partial charge on any atom is 0.328 e.